The monoisotopic (exact) mass is 292 g/mol. The van der Waals surface area contributed by atoms with Gasteiger partial charge in [0.05, 0.1) is 17.9 Å². The van der Waals surface area contributed by atoms with Crippen LogP contribution in [0.4, 0.5) is 0 Å². The van der Waals surface area contributed by atoms with Gasteiger partial charge in [0.2, 0.25) is 0 Å². The Balaban J connectivity index is 2.32. The number of rotatable bonds is 5. The van der Waals surface area contributed by atoms with Crippen molar-refractivity contribution in [2.45, 2.75) is 20.3 Å². The molecule has 106 valence electrons. The number of hydrogen-bond donors (Lipinski definition) is 1. The molecule has 4 nitrogen and oxygen atoms in total. The standard InChI is InChI=1S/C15H16O4S/c1-8-5-13-10(6-12(8)19-3)7-14(20-13)11(16)4-9(2)15(17)18/h5-7,9H,4H2,1-3H3,(H,17,18). The fraction of sp³-hybridized carbons (Fsp3) is 0.333. The van der Waals surface area contributed by atoms with Gasteiger partial charge in [0.25, 0.3) is 0 Å². The van der Waals surface area contributed by atoms with Gasteiger partial charge in [-0.25, -0.2) is 0 Å². The molecule has 1 heterocycles. The van der Waals surface area contributed by atoms with Crippen LogP contribution in [-0.4, -0.2) is 24.0 Å². The Kier molecular flexibility index (Phi) is 4.09. The number of methoxy groups -OCH3 is 1. The molecule has 1 aromatic heterocycles. The molecule has 0 aliphatic carbocycles. The molecule has 0 fully saturated rings. The van der Waals surface area contributed by atoms with Gasteiger partial charge in [-0.3, -0.25) is 9.59 Å². The first-order chi connectivity index (χ1) is 9.42. The Morgan fingerprint density at radius 1 is 1.35 bits per heavy atom. The summed E-state index contributed by atoms with van der Waals surface area (Å²) in [5.74, 6) is -0.952. The van der Waals surface area contributed by atoms with Gasteiger partial charge in [-0.2, -0.15) is 0 Å². The molecule has 0 spiro atoms. The third-order valence-electron chi connectivity index (χ3n) is 3.22. The number of benzene rings is 1. The smallest absolute Gasteiger partial charge is 0.306 e. The second-order valence-corrected chi connectivity index (χ2v) is 5.92. The minimum atomic E-state index is -0.947. The first-order valence-electron chi connectivity index (χ1n) is 6.26. The minimum absolute atomic E-state index is 0.0261. The number of aryl methyl sites for hydroxylation is 1. The van der Waals surface area contributed by atoms with Crippen molar-refractivity contribution in [2.75, 3.05) is 7.11 Å². The summed E-state index contributed by atoms with van der Waals surface area (Å²) in [7, 11) is 1.61. The molecule has 0 amide bonds. The van der Waals surface area contributed by atoms with Crippen molar-refractivity contribution in [1.82, 2.24) is 0 Å². The van der Waals surface area contributed by atoms with Crippen LogP contribution in [0.1, 0.15) is 28.6 Å². The lowest BCUT2D eigenvalue weighted by Gasteiger charge is -2.03. The van der Waals surface area contributed by atoms with Crippen molar-refractivity contribution in [3.8, 4) is 5.75 Å². The van der Waals surface area contributed by atoms with E-state index in [0.717, 1.165) is 21.4 Å². The van der Waals surface area contributed by atoms with Crippen LogP contribution in [0.2, 0.25) is 0 Å². The van der Waals surface area contributed by atoms with Crippen LogP contribution in [0.25, 0.3) is 10.1 Å². The first-order valence-corrected chi connectivity index (χ1v) is 7.08. The van der Waals surface area contributed by atoms with E-state index >= 15 is 0 Å². The van der Waals surface area contributed by atoms with E-state index in [1.807, 2.05) is 19.1 Å². The van der Waals surface area contributed by atoms with Crippen LogP contribution < -0.4 is 4.74 Å². The summed E-state index contributed by atoms with van der Waals surface area (Å²) in [4.78, 5) is 23.5. The van der Waals surface area contributed by atoms with E-state index in [-0.39, 0.29) is 12.2 Å². The van der Waals surface area contributed by atoms with E-state index in [0.29, 0.717) is 4.88 Å². The van der Waals surface area contributed by atoms with Gasteiger partial charge < -0.3 is 9.84 Å². The molecule has 1 N–H and O–H groups in total. The number of aliphatic carboxylic acids is 1. The van der Waals surface area contributed by atoms with Crippen LogP contribution in [0, 0.1) is 12.8 Å². The molecule has 2 aromatic rings. The molecule has 0 bridgehead atoms. The highest BCUT2D eigenvalue weighted by Crippen LogP contribution is 2.32. The van der Waals surface area contributed by atoms with Gasteiger partial charge in [0.15, 0.2) is 5.78 Å². The van der Waals surface area contributed by atoms with Crippen molar-refractivity contribution in [2.24, 2.45) is 5.92 Å². The molecular weight excluding hydrogens is 276 g/mol. The highest BCUT2D eigenvalue weighted by atomic mass is 32.1. The number of Topliss-reactive ketones (excluding diaryl/α,β-unsaturated/α-hetero) is 1. The Labute approximate surface area is 121 Å². The fourth-order valence-electron chi connectivity index (χ4n) is 1.99. The van der Waals surface area contributed by atoms with Crippen LogP contribution in [0.5, 0.6) is 5.75 Å². The predicted octanol–water partition coefficient (Wildman–Crippen LogP) is 3.51. The van der Waals surface area contributed by atoms with Gasteiger partial charge >= 0.3 is 5.97 Å². The number of fused-ring (bicyclic) bond motifs is 1. The minimum Gasteiger partial charge on any atom is -0.496 e. The average molecular weight is 292 g/mol. The first kappa shape index (κ1) is 14.5. The lowest BCUT2D eigenvalue weighted by atomic mass is 10.0. The summed E-state index contributed by atoms with van der Waals surface area (Å²) in [6.45, 7) is 3.49. The summed E-state index contributed by atoms with van der Waals surface area (Å²) >= 11 is 1.39. The molecule has 0 aliphatic heterocycles. The van der Waals surface area contributed by atoms with E-state index < -0.39 is 11.9 Å². The SMILES string of the molecule is COc1cc2cc(C(=O)CC(C)C(=O)O)sc2cc1C. The quantitative estimate of drug-likeness (QED) is 0.856. The zero-order chi connectivity index (χ0) is 14.9. The lowest BCUT2D eigenvalue weighted by Crippen LogP contribution is -2.13. The molecule has 0 aliphatic rings. The maximum absolute atomic E-state index is 12.1. The highest BCUT2D eigenvalue weighted by molar-refractivity contribution is 7.20. The second-order valence-electron chi connectivity index (χ2n) is 4.84. The van der Waals surface area contributed by atoms with Gasteiger partial charge in [-0.05, 0) is 36.1 Å². The molecule has 1 aromatic carbocycles. The predicted molar refractivity (Wildman–Crippen MR) is 78.9 cm³/mol. The maximum Gasteiger partial charge on any atom is 0.306 e. The summed E-state index contributed by atoms with van der Waals surface area (Å²) in [5.41, 5.74) is 1.01. The number of carboxylic acids is 1. The normalized spacial score (nSPS) is 12.3. The van der Waals surface area contributed by atoms with E-state index in [2.05, 4.69) is 0 Å². The number of carboxylic acid groups (broad SMARTS) is 1. The van der Waals surface area contributed by atoms with E-state index in [4.69, 9.17) is 9.84 Å². The third-order valence-corrected chi connectivity index (χ3v) is 4.36. The molecule has 20 heavy (non-hydrogen) atoms. The third kappa shape index (κ3) is 2.82. The van der Waals surface area contributed by atoms with E-state index in [1.165, 1.54) is 11.3 Å². The fourth-order valence-corrected chi connectivity index (χ4v) is 3.08. The number of thiophene rings is 1. The summed E-state index contributed by atoms with van der Waals surface area (Å²) < 4.78 is 6.27. The number of carbonyl (C=O) groups is 2. The molecule has 0 saturated carbocycles. The number of ether oxygens (including phenoxy) is 1. The topological polar surface area (TPSA) is 63.6 Å². The van der Waals surface area contributed by atoms with Crippen molar-refractivity contribution >= 4 is 33.2 Å². The van der Waals surface area contributed by atoms with Crippen LogP contribution in [0.15, 0.2) is 18.2 Å². The molecule has 0 saturated heterocycles. The average Bonchev–Trinajstić information content (AvgIpc) is 2.80. The maximum atomic E-state index is 12.1. The van der Waals surface area contributed by atoms with Crippen LogP contribution >= 0.6 is 11.3 Å². The van der Waals surface area contributed by atoms with Gasteiger partial charge in [-0.1, -0.05) is 6.92 Å². The summed E-state index contributed by atoms with van der Waals surface area (Å²) in [6.07, 6.45) is 0.0261. The molecule has 1 unspecified atom stereocenters. The molecule has 2 rings (SSSR count). The Morgan fingerprint density at radius 3 is 2.65 bits per heavy atom. The van der Waals surface area contributed by atoms with Gasteiger partial charge in [-0.15, -0.1) is 11.3 Å². The van der Waals surface area contributed by atoms with Crippen molar-refractivity contribution < 1.29 is 19.4 Å². The van der Waals surface area contributed by atoms with Crippen molar-refractivity contribution in [3.63, 3.8) is 0 Å². The zero-order valence-corrected chi connectivity index (χ0v) is 12.4. The van der Waals surface area contributed by atoms with Gasteiger partial charge in [0.1, 0.15) is 5.75 Å². The highest BCUT2D eigenvalue weighted by Gasteiger charge is 2.19. The van der Waals surface area contributed by atoms with E-state index in [9.17, 15) is 9.59 Å². The molecule has 0 radical (unpaired) electrons. The second kappa shape index (κ2) is 5.63. The molecular formula is C15H16O4S. The molecule has 5 heteroatoms. The largest absolute Gasteiger partial charge is 0.496 e. The lowest BCUT2D eigenvalue weighted by molar-refractivity contribution is -0.141. The van der Waals surface area contributed by atoms with E-state index in [1.54, 1.807) is 20.1 Å². The zero-order valence-electron chi connectivity index (χ0n) is 11.6. The summed E-state index contributed by atoms with van der Waals surface area (Å²) in [6, 6.07) is 5.69. The Bertz CT molecular complexity index is 672. The Morgan fingerprint density at radius 2 is 2.05 bits per heavy atom. The van der Waals surface area contributed by atoms with Crippen molar-refractivity contribution in [3.05, 3.63) is 28.6 Å². The molecule has 1 atom stereocenters. The van der Waals surface area contributed by atoms with Crippen LogP contribution in [0.3, 0.4) is 0 Å². The number of hydrogen-bond acceptors (Lipinski definition) is 4. The summed E-state index contributed by atoms with van der Waals surface area (Å²) in [5, 5.41) is 9.80. The van der Waals surface area contributed by atoms with Crippen molar-refractivity contribution in [1.29, 1.82) is 0 Å². The van der Waals surface area contributed by atoms with Crippen LogP contribution in [-0.2, 0) is 4.79 Å². The number of ketones is 1. The number of carbonyl (C=O) groups excluding carboxylic acids is 1. The van der Waals surface area contributed by atoms with Gasteiger partial charge in [0, 0.05) is 11.1 Å². The Hall–Kier alpha value is -1.88.